The fourth-order valence-electron chi connectivity index (χ4n) is 8.80. The Kier molecular flexibility index (Phi) is 29.1. The van der Waals surface area contributed by atoms with Gasteiger partial charge in [0, 0.05) is 35.5 Å². The van der Waals surface area contributed by atoms with Crippen LogP contribution in [0.4, 0.5) is 49.6 Å². The summed E-state index contributed by atoms with van der Waals surface area (Å²) in [5, 5.41) is 11.6. The third kappa shape index (κ3) is 26.2. The van der Waals surface area contributed by atoms with Crippen molar-refractivity contribution in [2.45, 2.75) is 163 Å². The molecule has 0 saturated heterocycles. The third-order valence-corrected chi connectivity index (χ3v) is 12.9. The van der Waals surface area contributed by atoms with Crippen molar-refractivity contribution in [2.75, 3.05) is 21.3 Å². The number of nitrogen functional groups attached to an aromatic ring is 2. The van der Waals surface area contributed by atoms with Gasteiger partial charge < -0.3 is 71.4 Å². The number of carbonyl (C=O) groups is 6. The van der Waals surface area contributed by atoms with Crippen LogP contribution in [0.1, 0.15) is 139 Å². The molecule has 4 heterocycles. The van der Waals surface area contributed by atoms with Crippen LogP contribution in [0.2, 0.25) is 0 Å². The standard InChI is InChI=1S/C33H36F3N7O6.C17H27NO3.C16H11F3N6O4.CH4.2ClH.4H2/c1-31(2,3)48-22-13-7-18(8-14-22)15-23(28(46)49-32(4,5)6)40-26(44)19-9-11-21(12-10-19)43(29(47)33(34,35)36)17-20-16-38-25-24(39-20)27(45)42-30(37)41-25;1-16(2,3)20-13-9-7-12(8-10-13)11-14(18)15(19)21-17(4,5)6;17-16(18,19)14(29)25(9-3-1-7(2-4-9)13(27)28)6-8-5-21-11-10(22-8)12(26)24-15(20)23-11;;;;;;;/h7-14,16,23H,15,17H2,1-6H3,(H,40,44)(H3,37,38,41,42,45);7-10,14H,11,18H2,1-6H3;1-5H,6H2,(H,27,28)(H3,20,21,23,24,26);1H4;6*1H/t23-;14-;;;;;;;;/m00......../s1/i7+2,8+2,13+2,14+2,15+2,18+2,22+2,23+2;7+2,8+2,9+2,10+2,11+2,12+2,13+2,14+2,15+2;;;;;;;;. The van der Waals surface area contributed by atoms with Gasteiger partial charge in [0.25, 0.3) is 17.0 Å². The quantitative estimate of drug-likeness (QED) is 0.0509. The fourth-order valence-corrected chi connectivity index (χ4v) is 8.80. The molecule has 35 heteroatoms. The van der Waals surface area contributed by atoms with Crippen LogP contribution in [0.15, 0.2) is 119 Å². The van der Waals surface area contributed by atoms with Gasteiger partial charge in [-0.15, -0.1) is 0 Å². The van der Waals surface area contributed by atoms with Crippen molar-refractivity contribution in [3.05, 3.63) is 164 Å². The number of carbonyl (C=O) groups excluding carboxylic acids is 5. The predicted molar refractivity (Wildman–Crippen MR) is 364 cm³/mol. The normalized spacial score (nSPS) is 12.1. The number of nitrogens with two attached hydrogens (primary N) is 2. The van der Waals surface area contributed by atoms with Gasteiger partial charge in [-0.3, -0.25) is 43.7 Å². The molecule has 27 nitrogen and oxygen atoms in total. The van der Waals surface area contributed by atoms with E-state index in [0.717, 1.165) is 53.9 Å². The van der Waals surface area contributed by atoms with Crippen LogP contribution in [-0.2, 0) is 54.6 Å². The van der Waals surface area contributed by atoms with Gasteiger partial charge in [0.1, 0.15) is 51.8 Å². The number of alkyl halides is 6. The van der Waals surface area contributed by atoms with E-state index in [1.807, 2.05) is 86.6 Å². The van der Waals surface area contributed by atoms with E-state index >= 15 is 0 Å². The molecule has 2 atom stereocenters. The molecule has 0 aliphatic heterocycles. The van der Waals surface area contributed by atoms with Crippen molar-refractivity contribution in [1.29, 1.82) is 0 Å². The Bertz CT molecular complexity index is 4380. The number of fused-ring (bicyclic) bond motifs is 2. The number of aromatic carboxylic acids is 1. The number of aromatic amines is 3. The van der Waals surface area contributed by atoms with Gasteiger partial charge in [0.05, 0.1) is 30.5 Å². The van der Waals surface area contributed by atoms with E-state index in [9.17, 15) is 64.7 Å². The Morgan fingerprint density at radius 1 is 0.657 bits per heavy atom. The average Bonchev–Trinajstić information content (AvgIpc) is 0.803. The number of halogens is 8. The van der Waals surface area contributed by atoms with E-state index in [-0.39, 0.29) is 124 Å². The van der Waals surface area contributed by atoms with Crippen LogP contribution in [0.5, 0.6) is 11.5 Å². The number of aromatic nitrogens is 8. The lowest BCUT2D eigenvalue weighted by Crippen LogP contribution is -3.00. The third-order valence-electron chi connectivity index (χ3n) is 12.9. The van der Waals surface area contributed by atoms with Gasteiger partial charge in [0.15, 0.2) is 17.2 Å². The zero-order valence-electron chi connectivity index (χ0n) is 56.7. The first-order chi connectivity index (χ1) is 45.7. The Morgan fingerprint density at radius 2 is 1.09 bits per heavy atom. The first-order valence-electron chi connectivity index (χ1n) is 30.2. The van der Waals surface area contributed by atoms with Crippen LogP contribution in [0.25, 0.3) is 22.3 Å². The number of hydrogen-bond donors (Lipinski definition) is 7. The van der Waals surface area contributed by atoms with Crippen LogP contribution in [0.3, 0.4) is 0 Å². The Hall–Kier alpha value is -10.5. The summed E-state index contributed by atoms with van der Waals surface area (Å²) in [6.45, 7) is 21.0. The number of carboxylic acids is 1. The highest BCUT2D eigenvalue weighted by molar-refractivity contribution is 6.00. The number of nitrogens with one attached hydrogen (secondary N) is 4. The molecular formula is C67H88Cl2F6N14O13. The summed E-state index contributed by atoms with van der Waals surface area (Å²) in [5.41, 5.74) is 11.6. The Labute approximate surface area is 599 Å². The maximum atomic E-state index is 13.7. The molecule has 0 radical (unpaired) electrons. The summed E-state index contributed by atoms with van der Waals surface area (Å²) in [6.07, 6.45) is -7.59. The summed E-state index contributed by atoms with van der Waals surface area (Å²) in [6, 6.07) is 22.2. The minimum Gasteiger partial charge on any atom is -1.00 e. The minimum atomic E-state index is -5.26. The van der Waals surface area contributed by atoms with Gasteiger partial charge in [-0.05, 0) is 172 Å². The molecule has 102 heavy (non-hydrogen) atoms. The maximum Gasteiger partial charge on any atom is 0.471 e. The van der Waals surface area contributed by atoms with E-state index in [1.165, 1.54) is 18.3 Å². The number of amides is 3. The lowest BCUT2D eigenvalue weighted by Gasteiger charge is -2.25. The summed E-state index contributed by atoms with van der Waals surface area (Å²) < 4.78 is 103. The Balaban J connectivity index is 0. The van der Waals surface area contributed by atoms with Crippen LogP contribution < -0.4 is 82.7 Å². The van der Waals surface area contributed by atoms with E-state index < -0.39 is 95.1 Å². The molecule has 8 rings (SSSR count). The maximum absolute atomic E-state index is 13.7. The number of H-pyrrole nitrogens is 3. The molecule has 4 aromatic carbocycles. The zero-order chi connectivity index (χ0) is 73.9. The highest BCUT2D eigenvalue weighted by atomic mass is 35.5. The number of nitrogens with zero attached hydrogens (tertiary/aromatic N) is 7. The summed E-state index contributed by atoms with van der Waals surface area (Å²) in [5.74, 6) is -6.31. The number of carboxylic acid groups (broad SMARTS) is 1. The topological polar surface area (TPSA) is 402 Å². The predicted octanol–water partition coefficient (Wildman–Crippen LogP) is 2.75. The zero-order valence-corrected chi connectivity index (χ0v) is 58.2. The van der Waals surface area contributed by atoms with Gasteiger partial charge in [-0.2, -0.15) is 31.3 Å². The van der Waals surface area contributed by atoms with Gasteiger partial charge in [0.2, 0.25) is 11.5 Å². The molecule has 12 N–H and O–H groups in total. The fraction of sp³-hybridized carbons (Fsp3) is 0.373. The van der Waals surface area contributed by atoms with E-state index in [4.69, 9.17) is 35.5 Å². The second-order valence-electron chi connectivity index (χ2n) is 26.1. The van der Waals surface area contributed by atoms with Crippen molar-refractivity contribution in [2.24, 2.45) is 0 Å². The van der Waals surface area contributed by atoms with Gasteiger partial charge in [-0.1, -0.05) is 31.7 Å². The average molecular weight is 1520 g/mol. The minimum absolute atomic E-state index is 0. The summed E-state index contributed by atoms with van der Waals surface area (Å²) >= 11 is 0. The van der Waals surface area contributed by atoms with Crippen molar-refractivity contribution < 1.29 is 120 Å². The second kappa shape index (κ2) is 34.7. The molecule has 0 aliphatic carbocycles. The Morgan fingerprint density at radius 3 is 1.53 bits per heavy atom. The first kappa shape index (κ1) is 85.7. The number of anilines is 4. The molecule has 0 unspecified atom stereocenters. The molecule has 0 aliphatic rings. The van der Waals surface area contributed by atoms with E-state index in [2.05, 4.69) is 50.9 Å². The molecular weight excluding hydrogens is 1430 g/mol. The van der Waals surface area contributed by atoms with Crippen molar-refractivity contribution in [1.82, 2.24) is 40.2 Å². The van der Waals surface area contributed by atoms with Gasteiger partial charge >= 0.3 is 53.7 Å². The van der Waals surface area contributed by atoms with Crippen LogP contribution in [-0.4, -0.2) is 122 Å². The SMILES string of the molecule is C.CC(C)(C)OC(=O)[14C@H]([14CH2][14c]1[14cH][14cH][14c](OC(C)(C)C)[14cH][14cH]1)NC(=O)c1ccc(N(Cc2c[nH+]c3nc(N)[nH]c(=O)c3n2)C(=O)C(F)(F)F)cc1.CC(C)(C)O[14C](=O)[14C@@H]([NH3+])[14CH2][14c]1[14cH][14cH][14c](OC(C)(C)C)[14cH][14cH]1.Nc1nc2ncc(CN(C(=O)C(F)(F)F)c3ccc(C(=O)O)cc3)nc2c(=O)[nH]1.[Cl-].[Cl-].[HH].[HH].[HH].[HH]. The highest BCUT2D eigenvalue weighted by Gasteiger charge is 2.45. The molecule has 560 valence electrons. The lowest BCUT2D eigenvalue weighted by molar-refractivity contribution is -0.409. The molecule has 0 fully saturated rings. The van der Waals surface area contributed by atoms with E-state index in [1.54, 1.807) is 45.0 Å². The van der Waals surface area contributed by atoms with Gasteiger partial charge in [-0.25, -0.2) is 34.3 Å². The lowest BCUT2D eigenvalue weighted by atomic mass is 10.1. The van der Waals surface area contributed by atoms with E-state index in [0.29, 0.717) is 27.5 Å². The smallest absolute Gasteiger partial charge is 0.471 e. The number of esters is 2. The molecule has 0 bridgehead atoms. The number of hydrogen-bond acceptors (Lipinski definition) is 19. The second-order valence-corrected chi connectivity index (χ2v) is 26.1. The molecule has 8 aromatic rings. The monoisotopic (exact) mass is 1510 g/mol. The number of rotatable bonds is 17. The summed E-state index contributed by atoms with van der Waals surface area (Å²) in [7, 11) is 0. The van der Waals surface area contributed by atoms with Crippen LogP contribution in [0, 0.1) is 0 Å². The number of ether oxygens (including phenoxy) is 4. The van der Waals surface area contributed by atoms with Crippen molar-refractivity contribution in [3.63, 3.8) is 0 Å². The highest BCUT2D eigenvalue weighted by Crippen LogP contribution is 2.29. The first-order valence-corrected chi connectivity index (χ1v) is 30.2. The molecule has 4 aromatic heterocycles. The number of quaternary nitrogens is 1. The molecule has 3 amide bonds. The summed E-state index contributed by atoms with van der Waals surface area (Å²) in [4.78, 5) is 125. The van der Waals surface area contributed by atoms with Crippen LogP contribution >= 0.6 is 0 Å². The molecule has 0 saturated carbocycles. The van der Waals surface area contributed by atoms with Crippen molar-refractivity contribution in [3.8, 4) is 11.5 Å². The largest absolute Gasteiger partial charge is 1.00 e. The number of benzene rings is 4. The molecule has 0 spiro atoms. The van der Waals surface area contributed by atoms with Crippen molar-refractivity contribution >= 4 is 81.2 Å².